The fourth-order valence-electron chi connectivity index (χ4n) is 3.29. The second kappa shape index (κ2) is 10.3. The third kappa shape index (κ3) is 5.79. The van der Waals surface area contributed by atoms with Gasteiger partial charge >= 0.3 is 0 Å². The number of allylic oxidation sites excluding steroid dienone is 1. The van der Waals surface area contributed by atoms with Crippen molar-refractivity contribution in [3.8, 4) is 0 Å². The van der Waals surface area contributed by atoms with Crippen LogP contribution in [0.1, 0.15) is 57.1 Å². The van der Waals surface area contributed by atoms with Crippen LogP contribution in [0, 0.1) is 0 Å². The van der Waals surface area contributed by atoms with Gasteiger partial charge in [-0.3, -0.25) is 4.79 Å². The maximum atomic E-state index is 12.7. The summed E-state index contributed by atoms with van der Waals surface area (Å²) in [5, 5.41) is 0. The Bertz CT molecular complexity index is 512. The Morgan fingerprint density at radius 1 is 1.12 bits per heavy atom. The molecule has 0 bridgehead atoms. The normalized spacial score (nSPS) is 19.1. The van der Waals surface area contributed by atoms with E-state index in [-0.39, 0.29) is 11.9 Å². The molecule has 3 heteroatoms. The fraction of sp³-hybridized carbons (Fsp3) is 0.571. The van der Waals surface area contributed by atoms with Crippen molar-refractivity contribution < 1.29 is 4.79 Å². The summed E-state index contributed by atoms with van der Waals surface area (Å²) < 4.78 is 0. The maximum absolute atomic E-state index is 12.7. The lowest BCUT2D eigenvalue weighted by molar-refractivity contribution is -0.135. The lowest BCUT2D eigenvalue weighted by Gasteiger charge is -2.40. The van der Waals surface area contributed by atoms with E-state index in [1.54, 1.807) is 0 Å². The van der Waals surface area contributed by atoms with E-state index in [9.17, 15) is 4.79 Å². The molecular formula is C21H32N2O. The van der Waals surface area contributed by atoms with Crippen LogP contribution in [0.2, 0.25) is 0 Å². The summed E-state index contributed by atoms with van der Waals surface area (Å²) in [5.74, 6) is 0.252. The predicted molar refractivity (Wildman–Crippen MR) is 101 cm³/mol. The van der Waals surface area contributed by atoms with Gasteiger partial charge in [0.05, 0.1) is 6.04 Å². The minimum atomic E-state index is 0.176. The van der Waals surface area contributed by atoms with Gasteiger partial charge < -0.3 is 9.80 Å². The van der Waals surface area contributed by atoms with Crippen molar-refractivity contribution >= 4 is 5.91 Å². The maximum Gasteiger partial charge on any atom is 0.226 e. The number of carbonyl (C=O) groups excluding carboxylic acids is 1. The molecule has 0 radical (unpaired) electrons. The van der Waals surface area contributed by atoms with Crippen molar-refractivity contribution in [1.29, 1.82) is 0 Å². The zero-order chi connectivity index (χ0) is 17.2. The van der Waals surface area contributed by atoms with Crippen LogP contribution in [0.5, 0.6) is 0 Å². The minimum Gasteiger partial charge on any atom is -0.333 e. The largest absolute Gasteiger partial charge is 0.333 e. The van der Waals surface area contributed by atoms with E-state index in [0.29, 0.717) is 6.42 Å². The van der Waals surface area contributed by atoms with Gasteiger partial charge in [-0.05, 0) is 25.5 Å². The molecule has 1 aromatic carbocycles. The Labute approximate surface area is 147 Å². The SMILES string of the molecule is CCCCCC/C=C/CC(=O)N1CCN(C)CC1c1ccccc1. The fourth-order valence-corrected chi connectivity index (χ4v) is 3.29. The average molecular weight is 328 g/mol. The zero-order valence-corrected chi connectivity index (χ0v) is 15.3. The second-order valence-electron chi connectivity index (χ2n) is 6.80. The third-order valence-electron chi connectivity index (χ3n) is 4.77. The quantitative estimate of drug-likeness (QED) is 0.521. The molecule has 2 rings (SSSR count). The molecule has 132 valence electrons. The van der Waals surface area contributed by atoms with E-state index in [1.807, 2.05) is 6.07 Å². The standard InChI is InChI=1S/C21H32N2O/c1-3-4-5-6-7-8-12-15-21(24)23-17-16-22(2)18-20(23)19-13-10-9-11-14-19/h8-14,20H,3-7,15-18H2,1-2H3/b12-8+. The Hall–Kier alpha value is -1.61. The van der Waals surface area contributed by atoms with Crippen LogP contribution in [0.4, 0.5) is 0 Å². The highest BCUT2D eigenvalue weighted by Gasteiger charge is 2.29. The monoisotopic (exact) mass is 328 g/mol. The molecule has 0 saturated carbocycles. The topological polar surface area (TPSA) is 23.6 Å². The number of hydrogen-bond acceptors (Lipinski definition) is 2. The first-order chi connectivity index (χ1) is 11.7. The summed E-state index contributed by atoms with van der Waals surface area (Å²) >= 11 is 0. The number of benzene rings is 1. The van der Waals surface area contributed by atoms with Crippen LogP contribution in [0.15, 0.2) is 42.5 Å². The van der Waals surface area contributed by atoms with Crippen LogP contribution in [-0.4, -0.2) is 42.4 Å². The molecule has 0 N–H and O–H groups in total. The van der Waals surface area contributed by atoms with Crippen LogP contribution < -0.4 is 0 Å². The summed E-state index contributed by atoms with van der Waals surface area (Å²) in [6.07, 6.45) is 11.0. The van der Waals surface area contributed by atoms with E-state index in [4.69, 9.17) is 0 Å². The number of hydrogen-bond donors (Lipinski definition) is 0. The molecule has 1 aliphatic heterocycles. The number of rotatable bonds is 8. The molecule has 1 amide bonds. The van der Waals surface area contributed by atoms with Crippen LogP contribution in [0.3, 0.4) is 0 Å². The van der Waals surface area contributed by atoms with Crippen molar-refractivity contribution in [1.82, 2.24) is 9.80 Å². The molecule has 1 saturated heterocycles. The van der Waals surface area contributed by atoms with Crippen LogP contribution in [0.25, 0.3) is 0 Å². The average Bonchev–Trinajstić information content (AvgIpc) is 2.61. The van der Waals surface area contributed by atoms with Gasteiger partial charge in [-0.2, -0.15) is 0 Å². The minimum absolute atomic E-state index is 0.176. The Kier molecular flexibility index (Phi) is 8.03. The molecular weight excluding hydrogens is 296 g/mol. The molecule has 3 nitrogen and oxygen atoms in total. The van der Waals surface area contributed by atoms with Crippen molar-refractivity contribution in [2.75, 3.05) is 26.7 Å². The molecule has 0 aliphatic carbocycles. The van der Waals surface area contributed by atoms with Gasteiger partial charge in [-0.15, -0.1) is 0 Å². The summed E-state index contributed by atoms with van der Waals surface area (Å²) in [4.78, 5) is 17.1. The molecule has 1 heterocycles. The first-order valence-corrected chi connectivity index (χ1v) is 9.40. The van der Waals surface area contributed by atoms with Crippen molar-refractivity contribution in [3.05, 3.63) is 48.0 Å². The molecule has 0 spiro atoms. The van der Waals surface area contributed by atoms with Crippen molar-refractivity contribution in [2.45, 2.75) is 51.5 Å². The van der Waals surface area contributed by atoms with Gasteiger partial charge in [0, 0.05) is 26.1 Å². The van der Waals surface area contributed by atoms with Crippen LogP contribution >= 0.6 is 0 Å². The van der Waals surface area contributed by atoms with Crippen molar-refractivity contribution in [2.24, 2.45) is 0 Å². The lowest BCUT2D eigenvalue weighted by Crippen LogP contribution is -2.49. The first-order valence-electron chi connectivity index (χ1n) is 9.40. The highest BCUT2D eigenvalue weighted by Crippen LogP contribution is 2.25. The van der Waals surface area contributed by atoms with Gasteiger partial charge in [0.25, 0.3) is 0 Å². The van der Waals surface area contributed by atoms with Gasteiger partial charge in [-0.25, -0.2) is 0 Å². The number of unbranched alkanes of at least 4 members (excludes halogenated alkanes) is 4. The molecule has 1 aliphatic rings. The van der Waals surface area contributed by atoms with Gasteiger partial charge in [0.1, 0.15) is 0 Å². The second-order valence-corrected chi connectivity index (χ2v) is 6.80. The van der Waals surface area contributed by atoms with Gasteiger partial charge in [0.15, 0.2) is 0 Å². The highest BCUT2D eigenvalue weighted by atomic mass is 16.2. The molecule has 1 aromatic rings. The summed E-state index contributed by atoms with van der Waals surface area (Å²) in [6, 6.07) is 10.6. The Balaban J connectivity index is 1.87. The number of amides is 1. The predicted octanol–water partition coefficient (Wildman–Crippen LogP) is 4.42. The van der Waals surface area contributed by atoms with E-state index >= 15 is 0 Å². The third-order valence-corrected chi connectivity index (χ3v) is 4.77. The number of likely N-dealkylation sites (N-methyl/N-ethyl adjacent to an activating group) is 1. The molecule has 24 heavy (non-hydrogen) atoms. The number of nitrogens with zero attached hydrogens (tertiary/aromatic N) is 2. The zero-order valence-electron chi connectivity index (χ0n) is 15.3. The molecule has 1 fully saturated rings. The Morgan fingerprint density at radius 3 is 2.67 bits per heavy atom. The molecule has 1 atom stereocenters. The highest BCUT2D eigenvalue weighted by molar-refractivity contribution is 5.78. The van der Waals surface area contributed by atoms with Crippen molar-refractivity contribution in [3.63, 3.8) is 0 Å². The smallest absolute Gasteiger partial charge is 0.226 e. The van der Waals surface area contributed by atoms with E-state index in [1.165, 1.54) is 31.2 Å². The Morgan fingerprint density at radius 2 is 1.92 bits per heavy atom. The first kappa shape index (κ1) is 18.7. The molecule has 1 unspecified atom stereocenters. The van der Waals surface area contributed by atoms with E-state index < -0.39 is 0 Å². The number of piperazine rings is 1. The summed E-state index contributed by atoms with van der Waals surface area (Å²) in [7, 11) is 2.13. The molecule has 0 aromatic heterocycles. The van der Waals surface area contributed by atoms with E-state index in [0.717, 1.165) is 26.1 Å². The van der Waals surface area contributed by atoms with E-state index in [2.05, 4.69) is 60.2 Å². The van der Waals surface area contributed by atoms with Gasteiger partial charge in [-0.1, -0.05) is 68.7 Å². The lowest BCUT2D eigenvalue weighted by atomic mass is 10.0. The summed E-state index contributed by atoms with van der Waals surface area (Å²) in [6.45, 7) is 4.92. The number of carbonyl (C=O) groups is 1. The summed E-state index contributed by atoms with van der Waals surface area (Å²) in [5.41, 5.74) is 1.24. The van der Waals surface area contributed by atoms with Crippen LogP contribution in [-0.2, 0) is 4.79 Å². The van der Waals surface area contributed by atoms with Gasteiger partial charge in [0.2, 0.25) is 5.91 Å².